The van der Waals surface area contributed by atoms with Gasteiger partial charge in [0.25, 0.3) is 0 Å². The molecule has 0 spiro atoms. The number of ether oxygens (including phenoxy) is 2. The molecule has 2 amide bonds. The molecule has 1 N–H and O–H groups in total. The molecule has 7 heteroatoms. The van der Waals surface area contributed by atoms with E-state index in [-0.39, 0.29) is 47.5 Å². The van der Waals surface area contributed by atoms with E-state index in [0.717, 1.165) is 62.5 Å². The van der Waals surface area contributed by atoms with E-state index in [1.54, 1.807) is 18.1 Å². The van der Waals surface area contributed by atoms with Gasteiger partial charge in [-0.2, -0.15) is 0 Å². The Bertz CT molecular complexity index is 1120. The Balaban J connectivity index is 1.35. The van der Waals surface area contributed by atoms with Gasteiger partial charge in [-0.05, 0) is 67.4 Å². The highest BCUT2D eigenvalue weighted by Gasteiger charge is 2.58. The second-order valence-electron chi connectivity index (χ2n) is 11.4. The molecule has 4 aliphatic rings. The van der Waals surface area contributed by atoms with Crippen molar-refractivity contribution in [3.63, 3.8) is 0 Å². The summed E-state index contributed by atoms with van der Waals surface area (Å²) in [5.74, 6) is -1.64. The molecular weight excluding hydrogens is 485 g/mol. The second-order valence-corrected chi connectivity index (χ2v) is 11.4. The summed E-state index contributed by atoms with van der Waals surface area (Å²) in [6.45, 7) is 3.03. The lowest BCUT2D eigenvalue weighted by atomic mass is 9.69. The number of hydrogen-bond donors (Lipinski definition) is 1. The van der Waals surface area contributed by atoms with Crippen LogP contribution in [0.5, 0.6) is 5.75 Å². The van der Waals surface area contributed by atoms with Gasteiger partial charge in [-0.25, -0.2) is 4.39 Å². The van der Waals surface area contributed by atoms with Crippen molar-refractivity contribution in [1.82, 2.24) is 4.90 Å². The molecule has 6 nitrogen and oxygen atoms in total. The maximum atomic E-state index is 13.9. The number of aromatic hydroxyl groups is 1. The van der Waals surface area contributed by atoms with Crippen molar-refractivity contribution in [1.29, 1.82) is 0 Å². The van der Waals surface area contributed by atoms with E-state index in [2.05, 4.69) is 6.92 Å². The average molecular weight is 526 g/mol. The number of allylic oxidation sites excluding steroid dienone is 1. The third-order valence-electron chi connectivity index (χ3n) is 8.94. The fourth-order valence-corrected chi connectivity index (χ4v) is 7.26. The van der Waals surface area contributed by atoms with Crippen molar-refractivity contribution in [2.24, 2.45) is 17.8 Å². The molecule has 1 saturated carbocycles. The molecule has 0 bridgehead atoms. The summed E-state index contributed by atoms with van der Waals surface area (Å²) in [5.41, 5.74) is 4.22. The Morgan fingerprint density at radius 1 is 1.16 bits per heavy atom. The molecule has 2 aliphatic heterocycles. The Morgan fingerprint density at radius 2 is 1.95 bits per heavy atom. The molecule has 3 fully saturated rings. The van der Waals surface area contributed by atoms with Crippen LogP contribution in [0.4, 0.5) is 4.39 Å². The molecule has 1 aromatic rings. The molecule has 2 saturated heterocycles. The Kier molecular flexibility index (Phi) is 8.34. The van der Waals surface area contributed by atoms with Crippen molar-refractivity contribution in [2.75, 3.05) is 20.3 Å². The van der Waals surface area contributed by atoms with Gasteiger partial charge in [0.2, 0.25) is 11.8 Å². The predicted molar refractivity (Wildman–Crippen MR) is 143 cm³/mol. The van der Waals surface area contributed by atoms with Crippen LogP contribution >= 0.6 is 0 Å². The number of amides is 2. The van der Waals surface area contributed by atoms with Crippen LogP contribution in [0, 0.1) is 23.6 Å². The summed E-state index contributed by atoms with van der Waals surface area (Å²) in [6.07, 6.45) is 11.0. The molecule has 0 aromatic heterocycles. The summed E-state index contributed by atoms with van der Waals surface area (Å²) >= 11 is 0. The highest BCUT2D eigenvalue weighted by Crippen LogP contribution is 2.50. The number of likely N-dealkylation sites (tertiary alicyclic amines) is 1. The fourth-order valence-electron chi connectivity index (χ4n) is 7.26. The minimum Gasteiger partial charge on any atom is -0.505 e. The average Bonchev–Trinajstić information content (AvgIpc) is 3.44. The minimum atomic E-state index is -0.624. The monoisotopic (exact) mass is 525 g/mol. The molecule has 2 heterocycles. The minimum absolute atomic E-state index is 0.0102. The summed E-state index contributed by atoms with van der Waals surface area (Å²) in [6, 6.07) is 4.51. The smallest absolute Gasteiger partial charge is 0.234 e. The molecule has 38 heavy (non-hydrogen) atoms. The van der Waals surface area contributed by atoms with Gasteiger partial charge in [0.05, 0.1) is 31.2 Å². The normalized spacial score (nSPS) is 28.3. The highest BCUT2D eigenvalue weighted by atomic mass is 19.1. The SMILES string of the molecule is CCC/C(=C\c1ccc(O)c(F)c1)CC[C@H]1OC[C@H]2C1=C(COC)C[C@H]1C(=O)N(C3CCCCC3)C(=O)[C@H]12. The third-order valence-corrected chi connectivity index (χ3v) is 8.94. The van der Waals surface area contributed by atoms with Crippen molar-refractivity contribution in [2.45, 2.75) is 83.3 Å². The molecule has 1 aromatic carbocycles. The molecule has 0 unspecified atom stereocenters. The standard InChI is InChI=1S/C31H40FNO5/c1-3-7-19(14-20-10-12-26(34)25(32)15-20)11-13-27-28-21(17-37-2)16-23-29(24(28)18-38-27)31(36)33(30(23)35)22-8-5-4-6-9-22/h10,12,14-15,22-24,27,29,34H,3-9,11,13,16-18H2,1-2H3/b19-14+/t23-,24+,27-,29-/m1/s1. The summed E-state index contributed by atoms with van der Waals surface area (Å²) < 4.78 is 25.8. The first-order valence-electron chi connectivity index (χ1n) is 14.3. The number of hydrogen-bond acceptors (Lipinski definition) is 5. The number of phenols is 1. The van der Waals surface area contributed by atoms with E-state index >= 15 is 0 Å². The zero-order chi connectivity index (χ0) is 26.8. The van der Waals surface area contributed by atoms with Gasteiger partial charge in [-0.15, -0.1) is 0 Å². The van der Waals surface area contributed by atoms with E-state index in [1.807, 2.05) is 6.08 Å². The number of rotatable bonds is 9. The van der Waals surface area contributed by atoms with E-state index in [0.29, 0.717) is 19.6 Å². The molecular formula is C31H40FNO5. The van der Waals surface area contributed by atoms with Crippen LogP contribution in [0.15, 0.2) is 34.9 Å². The number of phenolic OH excluding ortho intramolecular Hbond substituents is 1. The number of carbonyl (C=O) groups is 2. The van der Waals surface area contributed by atoms with Gasteiger partial charge in [0, 0.05) is 19.1 Å². The molecule has 5 rings (SSSR count). The number of benzene rings is 1. The Labute approximate surface area is 224 Å². The molecule has 206 valence electrons. The van der Waals surface area contributed by atoms with E-state index < -0.39 is 5.82 Å². The number of halogens is 1. The van der Waals surface area contributed by atoms with Crippen LogP contribution in [0.1, 0.15) is 76.7 Å². The quantitative estimate of drug-likeness (QED) is 0.326. The van der Waals surface area contributed by atoms with Gasteiger partial charge in [0.15, 0.2) is 11.6 Å². The van der Waals surface area contributed by atoms with Crippen molar-refractivity contribution in [3.8, 4) is 5.75 Å². The fraction of sp³-hybridized carbons (Fsp3) is 0.613. The number of fused-ring (bicyclic) bond motifs is 3. The van der Waals surface area contributed by atoms with Crippen LogP contribution < -0.4 is 0 Å². The van der Waals surface area contributed by atoms with Gasteiger partial charge in [-0.1, -0.05) is 50.3 Å². The Morgan fingerprint density at radius 3 is 2.66 bits per heavy atom. The van der Waals surface area contributed by atoms with Crippen LogP contribution in [0.3, 0.4) is 0 Å². The van der Waals surface area contributed by atoms with Crippen LogP contribution in [0.25, 0.3) is 6.08 Å². The van der Waals surface area contributed by atoms with Gasteiger partial charge in [0.1, 0.15) is 0 Å². The predicted octanol–water partition coefficient (Wildman–Crippen LogP) is 5.79. The molecule has 0 radical (unpaired) electrons. The number of methoxy groups -OCH3 is 1. The summed E-state index contributed by atoms with van der Waals surface area (Å²) in [7, 11) is 1.67. The lowest BCUT2D eigenvalue weighted by Gasteiger charge is -2.31. The first kappa shape index (κ1) is 27.1. The van der Waals surface area contributed by atoms with Gasteiger partial charge < -0.3 is 14.6 Å². The second kappa shape index (κ2) is 11.7. The first-order chi connectivity index (χ1) is 18.4. The largest absolute Gasteiger partial charge is 0.505 e. The van der Waals surface area contributed by atoms with E-state index in [4.69, 9.17) is 9.47 Å². The molecule has 2 aliphatic carbocycles. The zero-order valence-electron chi connectivity index (χ0n) is 22.6. The van der Waals surface area contributed by atoms with Crippen molar-refractivity contribution < 1.29 is 28.6 Å². The highest BCUT2D eigenvalue weighted by molar-refractivity contribution is 6.06. The third kappa shape index (κ3) is 5.20. The maximum Gasteiger partial charge on any atom is 0.234 e. The maximum absolute atomic E-state index is 13.9. The van der Waals surface area contributed by atoms with E-state index in [1.165, 1.54) is 29.7 Å². The Hall–Kier alpha value is -2.51. The van der Waals surface area contributed by atoms with Gasteiger partial charge in [-0.3, -0.25) is 14.5 Å². The number of nitrogens with zero attached hydrogens (tertiary/aromatic N) is 1. The van der Waals surface area contributed by atoms with E-state index in [9.17, 15) is 19.1 Å². The lowest BCUT2D eigenvalue weighted by molar-refractivity contribution is -0.143. The lowest BCUT2D eigenvalue weighted by Crippen LogP contribution is -2.42. The van der Waals surface area contributed by atoms with Crippen LogP contribution in [0.2, 0.25) is 0 Å². The summed E-state index contributed by atoms with van der Waals surface area (Å²) in [4.78, 5) is 28.9. The zero-order valence-corrected chi connectivity index (χ0v) is 22.6. The van der Waals surface area contributed by atoms with Crippen LogP contribution in [-0.4, -0.2) is 54.3 Å². The number of imide groups is 1. The molecule has 4 atom stereocenters. The van der Waals surface area contributed by atoms with Gasteiger partial charge >= 0.3 is 0 Å². The van der Waals surface area contributed by atoms with Crippen molar-refractivity contribution >= 4 is 17.9 Å². The first-order valence-corrected chi connectivity index (χ1v) is 14.3. The topological polar surface area (TPSA) is 76.1 Å². The summed E-state index contributed by atoms with van der Waals surface area (Å²) in [5, 5.41) is 9.52. The number of carbonyl (C=O) groups excluding carboxylic acids is 2. The van der Waals surface area contributed by atoms with Crippen LogP contribution in [-0.2, 0) is 19.1 Å². The van der Waals surface area contributed by atoms with Crippen molar-refractivity contribution in [3.05, 3.63) is 46.3 Å².